The summed E-state index contributed by atoms with van der Waals surface area (Å²) in [6.45, 7) is 4.93. The standard InChI is InChI=1S/C20H18ClN7/c1-13-10-26(16-5-3-15(21)4-6-16)19-9-17(27-12-22-11-23-27)7-8-18(19)28-14(2)24-25-20(13)28/h3-9,11-13H,10H2,1-2H3. The van der Waals surface area contributed by atoms with Crippen molar-refractivity contribution in [2.75, 3.05) is 11.4 Å². The molecule has 2 aromatic carbocycles. The zero-order chi connectivity index (χ0) is 19.3. The number of aromatic nitrogens is 6. The summed E-state index contributed by atoms with van der Waals surface area (Å²) in [5.74, 6) is 2.03. The van der Waals surface area contributed by atoms with Gasteiger partial charge in [0, 0.05) is 23.2 Å². The van der Waals surface area contributed by atoms with Crippen LogP contribution in [0.3, 0.4) is 0 Å². The van der Waals surface area contributed by atoms with E-state index < -0.39 is 0 Å². The Morgan fingerprint density at radius 1 is 1.00 bits per heavy atom. The van der Waals surface area contributed by atoms with Crippen molar-refractivity contribution in [3.05, 3.63) is 71.8 Å². The second-order valence-electron chi connectivity index (χ2n) is 6.94. The summed E-state index contributed by atoms with van der Waals surface area (Å²) in [5, 5.41) is 13.8. The van der Waals surface area contributed by atoms with Crippen LogP contribution in [-0.4, -0.2) is 36.1 Å². The smallest absolute Gasteiger partial charge is 0.142 e. The lowest BCUT2D eigenvalue weighted by atomic mass is 10.1. The minimum atomic E-state index is 0.194. The van der Waals surface area contributed by atoms with Crippen LogP contribution in [0.25, 0.3) is 11.4 Å². The van der Waals surface area contributed by atoms with E-state index in [2.05, 4.69) is 48.8 Å². The van der Waals surface area contributed by atoms with Gasteiger partial charge in [0.05, 0.1) is 17.1 Å². The number of hydrogen-bond acceptors (Lipinski definition) is 5. The highest BCUT2D eigenvalue weighted by molar-refractivity contribution is 6.30. The van der Waals surface area contributed by atoms with E-state index in [-0.39, 0.29) is 5.92 Å². The quantitative estimate of drug-likeness (QED) is 0.515. The number of benzene rings is 2. The monoisotopic (exact) mass is 391 g/mol. The normalized spacial score (nSPS) is 15.8. The number of aryl methyl sites for hydroxylation is 1. The molecule has 7 nitrogen and oxygen atoms in total. The molecule has 0 amide bonds. The predicted molar refractivity (Wildman–Crippen MR) is 108 cm³/mol. The molecule has 1 unspecified atom stereocenters. The van der Waals surface area contributed by atoms with Crippen LogP contribution in [0.5, 0.6) is 0 Å². The van der Waals surface area contributed by atoms with E-state index in [1.54, 1.807) is 11.0 Å². The minimum Gasteiger partial charge on any atom is -0.339 e. The van der Waals surface area contributed by atoms with Gasteiger partial charge in [-0.25, -0.2) is 9.67 Å². The van der Waals surface area contributed by atoms with E-state index in [1.165, 1.54) is 6.33 Å². The highest BCUT2D eigenvalue weighted by Gasteiger charge is 2.28. The molecule has 0 N–H and O–H groups in total. The first kappa shape index (κ1) is 16.9. The van der Waals surface area contributed by atoms with Crippen LogP contribution in [0.2, 0.25) is 5.02 Å². The Bertz CT molecular complexity index is 1130. The third kappa shape index (κ3) is 2.66. The van der Waals surface area contributed by atoms with Crippen LogP contribution in [0, 0.1) is 6.92 Å². The SMILES string of the molecule is Cc1nnc2n1-c1ccc(-n3cncn3)cc1N(c1ccc(Cl)cc1)CC2C. The van der Waals surface area contributed by atoms with Crippen LogP contribution in [-0.2, 0) is 0 Å². The molecule has 0 radical (unpaired) electrons. The number of fused-ring (bicyclic) bond motifs is 3. The summed E-state index contributed by atoms with van der Waals surface area (Å²) in [6, 6.07) is 14.2. The Morgan fingerprint density at radius 3 is 2.54 bits per heavy atom. The molecule has 1 aliphatic rings. The Labute approximate surface area is 167 Å². The van der Waals surface area contributed by atoms with Crippen LogP contribution in [0.4, 0.5) is 11.4 Å². The lowest BCUT2D eigenvalue weighted by Gasteiger charge is -2.27. The Balaban J connectivity index is 1.75. The molecule has 2 aromatic heterocycles. The molecule has 0 spiro atoms. The molecule has 5 rings (SSSR count). The Morgan fingerprint density at radius 2 is 1.79 bits per heavy atom. The van der Waals surface area contributed by atoms with Crippen molar-refractivity contribution in [1.82, 2.24) is 29.5 Å². The van der Waals surface area contributed by atoms with E-state index in [1.807, 2.05) is 37.3 Å². The van der Waals surface area contributed by atoms with Gasteiger partial charge in [0.1, 0.15) is 24.3 Å². The molecular formula is C20H18ClN7. The minimum absolute atomic E-state index is 0.194. The molecule has 28 heavy (non-hydrogen) atoms. The van der Waals surface area contributed by atoms with Gasteiger partial charge in [0.15, 0.2) is 0 Å². The van der Waals surface area contributed by atoms with Crippen LogP contribution in [0.1, 0.15) is 24.5 Å². The molecule has 1 atom stereocenters. The summed E-state index contributed by atoms with van der Waals surface area (Å²) in [4.78, 5) is 6.36. The molecule has 0 saturated heterocycles. The van der Waals surface area contributed by atoms with Gasteiger partial charge in [-0.05, 0) is 49.4 Å². The summed E-state index contributed by atoms with van der Waals surface area (Å²) >= 11 is 6.12. The van der Waals surface area contributed by atoms with E-state index in [9.17, 15) is 0 Å². The van der Waals surface area contributed by atoms with Gasteiger partial charge in [-0.3, -0.25) is 4.57 Å². The highest BCUT2D eigenvalue weighted by Crippen LogP contribution is 2.39. The average Bonchev–Trinajstić information content (AvgIpc) is 3.34. The van der Waals surface area contributed by atoms with Crippen molar-refractivity contribution in [2.45, 2.75) is 19.8 Å². The third-order valence-electron chi connectivity index (χ3n) is 5.06. The van der Waals surface area contributed by atoms with Crippen molar-refractivity contribution in [2.24, 2.45) is 0 Å². The molecule has 140 valence electrons. The van der Waals surface area contributed by atoms with Gasteiger partial charge in [-0.15, -0.1) is 10.2 Å². The predicted octanol–water partition coefficient (Wildman–Crippen LogP) is 4.07. The van der Waals surface area contributed by atoms with Gasteiger partial charge in [-0.1, -0.05) is 18.5 Å². The maximum absolute atomic E-state index is 6.12. The van der Waals surface area contributed by atoms with Crippen molar-refractivity contribution >= 4 is 23.0 Å². The van der Waals surface area contributed by atoms with Crippen LogP contribution >= 0.6 is 11.6 Å². The van der Waals surface area contributed by atoms with Crippen molar-refractivity contribution in [3.63, 3.8) is 0 Å². The summed E-state index contributed by atoms with van der Waals surface area (Å²) < 4.78 is 3.90. The lowest BCUT2D eigenvalue weighted by Crippen LogP contribution is -2.22. The zero-order valence-electron chi connectivity index (χ0n) is 15.5. The maximum Gasteiger partial charge on any atom is 0.142 e. The molecule has 4 aromatic rings. The number of anilines is 2. The first-order chi connectivity index (χ1) is 13.6. The van der Waals surface area contributed by atoms with Crippen molar-refractivity contribution < 1.29 is 0 Å². The molecule has 8 heteroatoms. The number of rotatable bonds is 2. The summed E-state index contributed by atoms with van der Waals surface area (Å²) in [7, 11) is 0. The average molecular weight is 392 g/mol. The van der Waals surface area contributed by atoms with Gasteiger partial charge in [0.25, 0.3) is 0 Å². The Hall–Kier alpha value is -3.19. The topological polar surface area (TPSA) is 64.7 Å². The molecule has 0 bridgehead atoms. The molecule has 1 aliphatic heterocycles. The zero-order valence-corrected chi connectivity index (χ0v) is 16.2. The maximum atomic E-state index is 6.12. The molecule has 0 aliphatic carbocycles. The Kier molecular flexibility index (Phi) is 3.91. The van der Waals surface area contributed by atoms with E-state index >= 15 is 0 Å². The number of hydrogen-bond donors (Lipinski definition) is 0. The first-order valence-electron chi connectivity index (χ1n) is 9.06. The number of halogens is 1. The second-order valence-corrected chi connectivity index (χ2v) is 7.38. The van der Waals surface area contributed by atoms with E-state index in [0.29, 0.717) is 0 Å². The second kappa shape index (κ2) is 6.45. The molecule has 3 heterocycles. The summed E-state index contributed by atoms with van der Waals surface area (Å²) in [6.07, 6.45) is 3.23. The lowest BCUT2D eigenvalue weighted by molar-refractivity contribution is 0.696. The molecule has 0 saturated carbocycles. The summed E-state index contributed by atoms with van der Waals surface area (Å²) in [5.41, 5.74) is 4.12. The van der Waals surface area contributed by atoms with Crippen molar-refractivity contribution in [3.8, 4) is 11.4 Å². The fourth-order valence-corrected chi connectivity index (χ4v) is 3.84. The number of nitrogens with zero attached hydrogens (tertiary/aromatic N) is 7. The van der Waals surface area contributed by atoms with Crippen LogP contribution < -0.4 is 4.90 Å². The third-order valence-corrected chi connectivity index (χ3v) is 5.31. The van der Waals surface area contributed by atoms with Gasteiger partial charge in [0.2, 0.25) is 0 Å². The fourth-order valence-electron chi connectivity index (χ4n) is 3.72. The van der Waals surface area contributed by atoms with Gasteiger partial charge >= 0.3 is 0 Å². The van der Waals surface area contributed by atoms with Crippen LogP contribution in [0.15, 0.2) is 55.1 Å². The highest BCUT2D eigenvalue weighted by atomic mass is 35.5. The fraction of sp³-hybridized carbons (Fsp3) is 0.200. The van der Waals surface area contributed by atoms with E-state index in [4.69, 9.17) is 11.6 Å². The molecular weight excluding hydrogens is 374 g/mol. The molecule has 0 fully saturated rings. The first-order valence-corrected chi connectivity index (χ1v) is 9.44. The largest absolute Gasteiger partial charge is 0.339 e. The van der Waals surface area contributed by atoms with Gasteiger partial charge < -0.3 is 4.90 Å². The van der Waals surface area contributed by atoms with E-state index in [0.717, 1.165) is 46.0 Å². The van der Waals surface area contributed by atoms with Gasteiger partial charge in [-0.2, -0.15) is 5.10 Å². The van der Waals surface area contributed by atoms with Crippen molar-refractivity contribution in [1.29, 1.82) is 0 Å².